The first-order chi connectivity index (χ1) is 9.40. The summed E-state index contributed by atoms with van der Waals surface area (Å²) < 4.78 is 13.7. The molecule has 110 valence electrons. The summed E-state index contributed by atoms with van der Waals surface area (Å²) in [5, 5.41) is 21.9. The van der Waals surface area contributed by atoms with Crippen LogP contribution in [0, 0.1) is 15.9 Å². The number of nitrogens with zero attached hydrogens (tertiary/aromatic N) is 1. The van der Waals surface area contributed by atoms with Crippen molar-refractivity contribution in [3.63, 3.8) is 0 Å². The number of carbonyl (C=O) groups excluding carboxylic acids is 1. The third kappa shape index (κ3) is 3.91. The molecule has 8 heteroatoms. The number of aliphatic hydroxyl groups excluding tert-OH is 1. The van der Waals surface area contributed by atoms with Crippen molar-refractivity contribution in [1.82, 2.24) is 5.32 Å². The van der Waals surface area contributed by atoms with Crippen LogP contribution in [0.15, 0.2) is 18.2 Å². The Labute approximate surface area is 119 Å². The molecule has 0 heterocycles. The summed E-state index contributed by atoms with van der Waals surface area (Å²) >= 11 is 1.38. The molecule has 0 fully saturated rings. The van der Waals surface area contributed by atoms with Crippen LogP contribution in [0.2, 0.25) is 0 Å². The first-order valence-corrected chi connectivity index (χ1v) is 7.08. The molecular formula is C12H15FN2O4S. The van der Waals surface area contributed by atoms with E-state index in [4.69, 9.17) is 5.11 Å². The minimum atomic E-state index is -0.950. The van der Waals surface area contributed by atoms with Crippen molar-refractivity contribution in [1.29, 1.82) is 0 Å². The molecule has 1 amide bonds. The Morgan fingerprint density at radius 1 is 1.60 bits per heavy atom. The van der Waals surface area contributed by atoms with E-state index in [0.29, 0.717) is 6.07 Å². The number of aliphatic hydroxyl groups is 1. The first-order valence-electron chi connectivity index (χ1n) is 5.79. The van der Waals surface area contributed by atoms with Gasteiger partial charge in [0.15, 0.2) is 0 Å². The van der Waals surface area contributed by atoms with Crippen molar-refractivity contribution < 1.29 is 19.2 Å². The monoisotopic (exact) mass is 302 g/mol. The SMILES string of the molecule is CSC(CO)C(C)NC(=O)c1ccc([N+](=O)[O-])cc1F. The molecule has 2 unspecified atom stereocenters. The third-order valence-corrected chi connectivity index (χ3v) is 3.97. The molecule has 1 aromatic rings. The number of nitro groups is 1. The van der Waals surface area contributed by atoms with Gasteiger partial charge < -0.3 is 10.4 Å². The van der Waals surface area contributed by atoms with Gasteiger partial charge in [0.2, 0.25) is 0 Å². The number of nitrogens with one attached hydrogen (secondary N) is 1. The molecule has 2 N–H and O–H groups in total. The van der Waals surface area contributed by atoms with Gasteiger partial charge in [-0.05, 0) is 19.2 Å². The maximum atomic E-state index is 13.7. The zero-order valence-electron chi connectivity index (χ0n) is 11.0. The molecule has 0 aromatic heterocycles. The lowest BCUT2D eigenvalue weighted by molar-refractivity contribution is -0.385. The fourth-order valence-corrected chi connectivity index (χ4v) is 2.24. The van der Waals surface area contributed by atoms with E-state index in [1.165, 1.54) is 11.8 Å². The van der Waals surface area contributed by atoms with Gasteiger partial charge >= 0.3 is 0 Å². The topological polar surface area (TPSA) is 92.5 Å². The predicted octanol–water partition coefficient (Wildman–Crippen LogP) is 1.58. The maximum Gasteiger partial charge on any atom is 0.272 e. The van der Waals surface area contributed by atoms with Gasteiger partial charge in [-0.1, -0.05) is 0 Å². The van der Waals surface area contributed by atoms with Gasteiger partial charge in [0.1, 0.15) is 5.82 Å². The summed E-state index contributed by atoms with van der Waals surface area (Å²) in [7, 11) is 0. The molecule has 0 saturated heterocycles. The molecule has 6 nitrogen and oxygen atoms in total. The van der Waals surface area contributed by atoms with E-state index in [-0.39, 0.29) is 23.5 Å². The summed E-state index contributed by atoms with van der Waals surface area (Å²) in [5.74, 6) is -1.62. The highest BCUT2D eigenvalue weighted by Crippen LogP contribution is 2.17. The molecule has 0 radical (unpaired) electrons. The number of nitro benzene ring substituents is 1. The van der Waals surface area contributed by atoms with Crippen molar-refractivity contribution in [3.8, 4) is 0 Å². The Morgan fingerprint density at radius 2 is 2.25 bits per heavy atom. The summed E-state index contributed by atoms with van der Waals surface area (Å²) in [6, 6.07) is 2.48. The summed E-state index contributed by atoms with van der Waals surface area (Å²) in [4.78, 5) is 21.6. The molecule has 0 aliphatic heterocycles. The largest absolute Gasteiger partial charge is 0.395 e. The van der Waals surface area contributed by atoms with Gasteiger partial charge in [0, 0.05) is 17.4 Å². The van der Waals surface area contributed by atoms with Gasteiger partial charge in [-0.3, -0.25) is 14.9 Å². The molecule has 20 heavy (non-hydrogen) atoms. The Kier molecular flexibility index (Phi) is 5.90. The lowest BCUT2D eigenvalue weighted by Crippen LogP contribution is -2.41. The second-order valence-corrected chi connectivity index (χ2v) is 5.22. The number of amides is 1. The minimum absolute atomic E-state index is 0.120. The molecule has 1 aromatic carbocycles. The van der Waals surface area contributed by atoms with Crippen LogP contribution in [0.5, 0.6) is 0 Å². The number of non-ortho nitro benzene ring substituents is 1. The van der Waals surface area contributed by atoms with Crippen LogP contribution in [0.1, 0.15) is 17.3 Å². The number of benzene rings is 1. The van der Waals surface area contributed by atoms with Crippen molar-refractivity contribution in [2.45, 2.75) is 18.2 Å². The minimum Gasteiger partial charge on any atom is -0.395 e. The normalized spacial score (nSPS) is 13.6. The average Bonchev–Trinajstić information content (AvgIpc) is 2.39. The van der Waals surface area contributed by atoms with E-state index in [1.54, 1.807) is 13.2 Å². The predicted molar refractivity (Wildman–Crippen MR) is 74.4 cm³/mol. The zero-order chi connectivity index (χ0) is 15.3. The van der Waals surface area contributed by atoms with Gasteiger partial charge in [-0.2, -0.15) is 11.8 Å². The van der Waals surface area contributed by atoms with Crippen LogP contribution >= 0.6 is 11.8 Å². The maximum absolute atomic E-state index is 13.7. The second-order valence-electron chi connectivity index (χ2n) is 4.14. The standard InChI is InChI=1S/C12H15FN2O4S/c1-7(11(6-16)20-2)14-12(17)9-4-3-8(15(18)19)5-10(9)13/h3-5,7,11,16H,6H2,1-2H3,(H,14,17). The van der Waals surface area contributed by atoms with Crippen LogP contribution in [0.25, 0.3) is 0 Å². The Hall–Kier alpha value is -1.67. The second kappa shape index (κ2) is 7.20. The molecule has 0 spiro atoms. The number of rotatable bonds is 6. The van der Waals surface area contributed by atoms with E-state index >= 15 is 0 Å². The molecule has 0 bridgehead atoms. The van der Waals surface area contributed by atoms with E-state index in [2.05, 4.69) is 5.32 Å². The summed E-state index contributed by atoms with van der Waals surface area (Å²) in [6.45, 7) is 1.57. The molecule has 0 saturated carbocycles. The van der Waals surface area contributed by atoms with Gasteiger partial charge in [0.05, 0.1) is 23.2 Å². The highest BCUT2D eigenvalue weighted by atomic mass is 32.2. The van der Waals surface area contributed by atoms with Crippen LogP contribution in [0.4, 0.5) is 10.1 Å². The molecule has 0 aliphatic carbocycles. The molecular weight excluding hydrogens is 287 g/mol. The smallest absolute Gasteiger partial charge is 0.272 e. The van der Waals surface area contributed by atoms with Crippen LogP contribution in [-0.2, 0) is 0 Å². The van der Waals surface area contributed by atoms with Crippen LogP contribution in [-0.4, -0.2) is 40.1 Å². The number of carbonyl (C=O) groups is 1. The Morgan fingerprint density at radius 3 is 2.70 bits per heavy atom. The highest BCUT2D eigenvalue weighted by molar-refractivity contribution is 7.99. The Bertz CT molecular complexity index is 508. The molecule has 2 atom stereocenters. The van der Waals surface area contributed by atoms with E-state index in [9.17, 15) is 19.3 Å². The fraction of sp³-hybridized carbons (Fsp3) is 0.417. The summed E-state index contributed by atoms with van der Waals surface area (Å²) in [6.07, 6.45) is 1.79. The highest BCUT2D eigenvalue weighted by Gasteiger charge is 2.21. The van der Waals surface area contributed by atoms with Crippen molar-refractivity contribution in [2.75, 3.05) is 12.9 Å². The number of hydrogen-bond acceptors (Lipinski definition) is 5. The number of hydrogen-bond donors (Lipinski definition) is 2. The molecule has 1 rings (SSSR count). The number of thioether (sulfide) groups is 1. The Balaban J connectivity index is 2.85. The third-order valence-electron chi connectivity index (χ3n) is 2.81. The van der Waals surface area contributed by atoms with Crippen LogP contribution in [0.3, 0.4) is 0 Å². The van der Waals surface area contributed by atoms with Crippen LogP contribution < -0.4 is 5.32 Å². The van der Waals surface area contributed by atoms with Crippen molar-refractivity contribution in [2.24, 2.45) is 0 Å². The van der Waals surface area contributed by atoms with Gasteiger partial charge in [0.25, 0.3) is 11.6 Å². The zero-order valence-corrected chi connectivity index (χ0v) is 11.8. The quantitative estimate of drug-likeness (QED) is 0.615. The fourth-order valence-electron chi connectivity index (χ4n) is 1.62. The number of halogens is 1. The van der Waals surface area contributed by atoms with E-state index in [0.717, 1.165) is 12.1 Å². The van der Waals surface area contributed by atoms with Gasteiger partial charge in [-0.15, -0.1) is 0 Å². The van der Waals surface area contributed by atoms with Crippen molar-refractivity contribution >= 4 is 23.4 Å². The first kappa shape index (κ1) is 16.4. The molecule has 0 aliphatic rings. The van der Waals surface area contributed by atoms with Crippen molar-refractivity contribution in [3.05, 3.63) is 39.7 Å². The van der Waals surface area contributed by atoms with E-state index < -0.39 is 22.3 Å². The summed E-state index contributed by atoms with van der Waals surface area (Å²) in [5.41, 5.74) is -0.676. The van der Waals surface area contributed by atoms with E-state index in [1.807, 2.05) is 0 Å². The lowest BCUT2D eigenvalue weighted by Gasteiger charge is -2.21. The lowest BCUT2D eigenvalue weighted by atomic mass is 10.1. The van der Waals surface area contributed by atoms with Gasteiger partial charge in [-0.25, -0.2) is 4.39 Å². The average molecular weight is 302 g/mol.